The molecule has 1 saturated heterocycles. The van der Waals surface area contributed by atoms with Crippen molar-refractivity contribution in [3.63, 3.8) is 0 Å². The van der Waals surface area contributed by atoms with Gasteiger partial charge in [-0.25, -0.2) is 4.79 Å². The van der Waals surface area contributed by atoms with Crippen LogP contribution < -0.4 is 0 Å². The lowest BCUT2D eigenvalue weighted by molar-refractivity contribution is 0.103. The molecule has 1 amide bonds. The van der Waals surface area contributed by atoms with Crippen molar-refractivity contribution >= 4 is 6.09 Å². The summed E-state index contributed by atoms with van der Waals surface area (Å²) in [7, 11) is 1.86. The van der Waals surface area contributed by atoms with E-state index in [1.807, 2.05) is 7.05 Å². The van der Waals surface area contributed by atoms with E-state index in [-0.39, 0.29) is 12.2 Å². The second-order valence-electron chi connectivity index (χ2n) is 5.70. The van der Waals surface area contributed by atoms with Gasteiger partial charge < -0.3 is 9.64 Å². The molecule has 0 aromatic rings. The van der Waals surface area contributed by atoms with Crippen LogP contribution in [0.25, 0.3) is 0 Å². The minimum atomic E-state index is -0.135. The van der Waals surface area contributed by atoms with Crippen LogP contribution in [-0.4, -0.2) is 30.2 Å². The van der Waals surface area contributed by atoms with Gasteiger partial charge in [-0.15, -0.1) is 0 Å². The van der Waals surface area contributed by atoms with Gasteiger partial charge >= 0.3 is 6.09 Å². The number of likely N-dealkylation sites (N-methyl/N-ethyl adjacent to an activating group) is 1. The summed E-state index contributed by atoms with van der Waals surface area (Å²) >= 11 is 0. The molecule has 0 radical (unpaired) electrons. The first-order valence-corrected chi connectivity index (χ1v) is 5.93. The molecule has 2 aliphatic rings. The van der Waals surface area contributed by atoms with Crippen molar-refractivity contribution < 1.29 is 9.53 Å². The van der Waals surface area contributed by atoms with Gasteiger partial charge in [0.05, 0.1) is 6.04 Å². The molecule has 0 N–H and O–H groups in total. The van der Waals surface area contributed by atoms with Crippen molar-refractivity contribution in [2.45, 2.75) is 58.1 Å². The predicted octanol–water partition coefficient (Wildman–Crippen LogP) is 2.80. The summed E-state index contributed by atoms with van der Waals surface area (Å²) in [6.07, 6.45) is 5.75. The van der Waals surface area contributed by atoms with Crippen LogP contribution in [0.3, 0.4) is 0 Å². The second kappa shape index (κ2) is 3.69. The average molecular weight is 211 g/mol. The Bertz CT molecular complexity index is 262. The summed E-state index contributed by atoms with van der Waals surface area (Å²) in [4.78, 5) is 13.2. The van der Waals surface area contributed by atoms with Gasteiger partial charge in [0.25, 0.3) is 0 Å². The Morgan fingerprint density at radius 3 is 2.80 bits per heavy atom. The van der Waals surface area contributed by atoms with Gasteiger partial charge in [-0.1, -0.05) is 20.3 Å². The Kier molecular flexibility index (Phi) is 2.65. The fourth-order valence-corrected chi connectivity index (χ4v) is 2.75. The molecule has 3 heteroatoms. The lowest BCUT2D eigenvalue weighted by Gasteiger charge is -2.31. The molecule has 3 nitrogen and oxygen atoms in total. The van der Waals surface area contributed by atoms with Crippen LogP contribution in [0.5, 0.6) is 0 Å². The van der Waals surface area contributed by atoms with Crippen molar-refractivity contribution in [2.24, 2.45) is 5.41 Å². The molecule has 0 bridgehead atoms. The van der Waals surface area contributed by atoms with Crippen LogP contribution in [0.1, 0.15) is 46.0 Å². The maximum absolute atomic E-state index is 11.4. The lowest BCUT2D eigenvalue weighted by atomic mass is 9.78. The normalized spacial score (nSPS) is 35.4. The maximum Gasteiger partial charge on any atom is 0.410 e. The molecule has 1 saturated carbocycles. The largest absolute Gasteiger partial charge is 0.444 e. The zero-order valence-electron chi connectivity index (χ0n) is 9.95. The van der Waals surface area contributed by atoms with E-state index >= 15 is 0 Å². The predicted molar refractivity (Wildman–Crippen MR) is 58.7 cm³/mol. The number of hydrogen-bond donors (Lipinski definition) is 0. The molecule has 2 rings (SSSR count). The molecule has 2 fully saturated rings. The third-order valence-corrected chi connectivity index (χ3v) is 3.93. The summed E-state index contributed by atoms with van der Waals surface area (Å²) in [5.74, 6) is 0. The minimum absolute atomic E-state index is 0.135. The molecule has 0 aromatic heterocycles. The molecule has 1 aliphatic carbocycles. The Morgan fingerprint density at radius 2 is 2.07 bits per heavy atom. The zero-order valence-corrected chi connectivity index (χ0v) is 9.95. The SMILES string of the molecule is CN1C(=O)OC2CCC(C)(C)CCCC21. The van der Waals surface area contributed by atoms with E-state index in [2.05, 4.69) is 13.8 Å². The highest BCUT2D eigenvalue weighted by molar-refractivity contribution is 5.70. The molecule has 1 heterocycles. The first kappa shape index (κ1) is 10.8. The van der Waals surface area contributed by atoms with Gasteiger partial charge in [0.2, 0.25) is 0 Å². The Hall–Kier alpha value is -0.730. The molecule has 2 unspecified atom stereocenters. The van der Waals surface area contributed by atoms with Crippen molar-refractivity contribution in [1.29, 1.82) is 0 Å². The number of hydrogen-bond acceptors (Lipinski definition) is 2. The fraction of sp³-hybridized carbons (Fsp3) is 0.917. The number of amides is 1. The smallest absolute Gasteiger partial charge is 0.410 e. The summed E-state index contributed by atoms with van der Waals surface area (Å²) in [6, 6.07) is 0.327. The van der Waals surface area contributed by atoms with Crippen LogP contribution in [0, 0.1) is 5.41 Å². The molecule has 0 aromatic carbocycles. The van der Waals surface area contributed by atoms with E-state index in [1.165, 1.54) is 12.8 Å². The van der Waals surface area contributed by atoms with Gasteiger partial charge in [0.1, 0.15) is 6.10 Å². The number of carbonyl (C=O) groups is 1. The minimum Gasteiger partial charge on any atom is -0.444 e. The third kappa shape index (κ3) is 2.11. The number of carbonyl (C=O) groups excluding carboxylic acids is 1. The van der Waals surface area contributed by atoms with Crippen LogP contribution >= 0.6 is 0 Å². The van der Waals surface area contributed by atoms with Crippen LogP contribution in [0.2, 0.25) is 0 Å². The number of nitrogens with zero attached hydrogens (tertiary/aromatic N) is 1. The van der Waals surface area contributed by atoms with Crippen molar-refractivity contribution in [3.8, 4) is 0 Å². The van der Waals surface area contributed by atoms with E-state index in [9.17, 15) is 4.79 Å². The molecule has 2 atom stereocenters. The van der Waals surface area contributed by atoms with Crippen LogP contribution in [0.4, 0.5) is 4.79 Å². The first-order valence-electron chi connectivity index (χ1n) is 5.93. The maximum atomic E-state index is 11.4. The Balaban J connectivity index is 2.05. The third-order valence-electron chi connectivity index (χ3n) is 3.93. The summed E-state index contributed by atoms with van der Waals surface area (Å²) in [5, 5.41) is 0. The highest BCUT2D eigenvalue weighted by Crippen LogP contribution is 2.37. The quantitative estimate of drug-likeness (QED) is 0.616. The lowest BCUT2D eigenvalue weighted by Crippen LogP contribution is -2.35. The number of ether oxygens (including phenoxy) is 1. The highest BCUT2D eigenvalue weighted by Gasteiger charge is 2.40. The average Bonchev–Trinajstić information content (AvgIpc) is 2.40. The standard InChI is InChI=1S/C12H21NO2/c1-12(2)7-4-5-9-10(6-8-12)15-11(14)13(9)3/h9-10H,4-8H2,1-3H3. The first-order chi connectivity index (χ1) is 6.99. The highest BCUT2D eigenvalue weighted by atomic mass is 16.6. The van der Waals surface area contributed by atoms with Crippen LogP contribution in [-0.2, 0) is 4.74 Å². The molecule has 86 valence electrons. The van der Waals surface area contributed by atoms with Gasteiger partial charge in [0, 0.05) is 7.05 Å². The Morgan fingerprint density at radius 1 is 1.33 bits per heavy atom. The Labute approximate surface area is 91.8 Å². The van der Waals surface area contributed by atoms with Gasteiger partial charge in [-0.2, -0.15) is 0 Å². The summed E-state index contributed by atoms with van der Waals surface area (Å²) in [6.45, 7) is 4.63. The number of fused-ring (bicyclic) bond motifs is 1. The molecule has 1 aliphatic heterocycles. The van der Waals surface area contributed by atoms with Gasteiger partial charge in [0.15, 0.2) is 0 Å². The molecule has 0 spiro atoms. The van der Waals surface area contributed by atoms with Crippen LogP contribution in [0.15, 0.2) is 0 Å². The zero-order chi connectivity index (χ0) is 11.1. The molecular weight excluding hydrogens is 190 g/mol. The van der Waals surface area contributed by atoms with E-state index in [0.29, 0.717) is 11.5 Å². The van der Waals surface area contributed by atoms with Gasteiger partial charge in [-0.3, -0.25) is 0 Å². The van der Waals surface area contributed by atoms with E-state index in [0.717, 1.165) is 19.3 Å². The van der Waals surface area contributed by atoms with Crippen molar-refractivity contribution in [2.75, 3.05) is 7.05 Å². The topological polar surface area (TPSA) is 29.5 Å². The van der Waals surface area contributed by atoms with Crippen molar-refractivity contribution in [1.82, 2.24) is 4.90 Å². The summed E-state index contributed by atoms with van der Waals surface area (Å²) < 4.78 is 5.39. The van der Waals surface area contributed by atoms with Gasteiger partial charge in [-0.05, 0) is 31.1 Å². The summed E-state index contributed by atoms with van der Waals surface area (Å²) in [5.41, 5.74) is 0.415. The molecule has 15 heavy (non-hydrogen) atoms. The number of rotatable bonds is 0. The van der Waals surface area contributed by atoms with E-state index < -0.39 is 0 Å². The van der Waals surface area contributed by atoms with Crippen molar-refractivity contribution in [3.05, 3.63) is 0 Å². The molecular formula is C12H21NO2. The van der Waals surface area contributed by atoms with E-state index in [1.54, 1.807) is 4.90 Å². The second-order valence-corrected chi connectivity index (χ2v) is 5.70. The van der Waals surface area contributed by atoms with E-state index in [4.69, 9.17) is 4.74 Å². The monoisotopic (exact) mass is 211 g/mol. The fourth-order valence-electron chi connectivity index (χ4n) is 2.75.